The lowest BCUT2D eigenvalue weighted by Crippen LogP contribution is -2.02. The van der Waals surface area contributed by atoms with Crippen molar-refractivity contribution in [3.63, 3.8) is 0 Å². The zero-order chi connectivity index (χ0) is 14.7. The third-order valence-electron chi connectivity index (χ3n) is 3.13. The smallest absolute Gasteiger partial charge is 0.126 e. The van der Waals surface area contributed by atoms with Crippen LogP contribution in [-0.2, 0) is 0 Å². The average molecular weight is 272 g/mol. The monoisotopic (exact) mass is 272 g/mol. The van der Waals surface area contributed by atoms with Gasteiger partial charge in [-0.1, -0.05) is 12.6 Å². The summed E-state index contributed by atoms with van der Waals surface area (Å²) in [4.78, 5) is 0. The minimum Gasteiger partial charge on any atom is -0.508 e. The maximum absolute atomic E-state index is 13.0. The lowest BCUT2D eigenvalue weighted by atomic mass is 9.99. The van der Waals surface area contributed by atoms with Gasteiger partial charge in [0.15, 0.2) is 0 Å². The summed E-state index contributed by atoms with van der Waals surface area (Å²) in [5.74, 6) is 0.411. The Hall–Kier alpha value is -2.29. The highest BCUT2D eigenvalue weighted by Crippen LogP contribution is 2.26. The van der Waals surface area contributed by atoms with E-state index in [1.807, 2.05) is 19.9 Å². The van der Waals surface area contributed by atoms with Crippen molar-refractivity contribution < 1.29 is 14.2 Å². The van der Waals surface area contributed by atoms with E-state index in [1.165, 1.54) is 12.1 Å². The number of phenols is 1. The standard InChI is InChI=1S/C17H17FO2/c1-11-8-17(19)12(2)7-16(11)13(3)10-20-15-6-4-5-14(18)9-15/h4-9,19H,3,10H2,1-2H3. The summed E-state index contributed by atoms with van der Waals surface area (Å²) in [6, 6.07) is 9.59. The molecule has 20 heavy (non-hydrogen) atoms. The Morgan fingerprint density at radius 3 is 2.65 bits per heavy atom. The molecule has 2 nitrogen and oxygen atoms in total. The molecular formula is C17H17FO2. The number of hydrogen-bond donors (Lipinski definition) is 1. The molecule has 0 saturated carbocycles. The van der Waals surface area contributed by atoms with Gasteiger partial charge >= 0.3 is 0 Å². The Balaban J connectivity index is 2.11. The molecule has 0 unspecified atom stereocenters. The molecule has 2 aromatic carbocycles. The van der Waals surface area contributed by atoms with E-state index in [0.717, 1.165) is 22.3 Å². The summed E-state index contributed by atoms with van der Waals surface area (Å²) < 4.78 is 18.6. The zero-order valence-corrected chi connectivity index (χ0v) is 11.6. The molecule has 2 rings (SSSR count). The molecule has 0 radical (unpaired) electrons. The number of rotatable bonds is 4. The third-order valence-corrected chi connectivity index (χ3v) is 3.13. The van der Waals surface area contributed by atoms with Crippen LogP contribution in [0.1, 0.15) is 16.7 Å². The molecule has 0 aliphatic heterocycles. The summed E-state index contributed by atoms with van der Waals surface area (Å²) in [5.41, 5.74) is 3.45. The molecule has 2 aromatic rings. The third kappa shape index (κ3) is 3.18. The second-order valence-electron chi connectivity index (χ2n) is 4.80. The first-order valence-electron chi connectivity index (χ1n) is 6.34. The van der Waals surface area contributed by atoms with Gasteiger partial charge in [-0.3, -0.25) is 0 Å². The normalized spacial score (nSPS) is 10.3. The van der Waals surface area contributed by atoms with Gasteiger partial charge in [0.05, 0.1) is 0 Å². The molecule has 3 heteroatoms. The molecule has 1 N–H and O–H groups in total. The number of aryl methyl sites for hydroxylation is 2. The summed E-state index contributed by atoms with van der Waals surface area (Å²) >= 11 is 0. The van der Waals surface area contributed by atoms with Gasteiger partial charge in [0, 0.05) is 6.07 Å². The van der Waals surface area contributed by atoms with Gasteiger partial charge in [0.2, 0.25) is 0 Å². The average Bonchev–Trinajstić information content (AvgIpc) is 2.40. The quantitative estimate of drug-likeness (QED) is 0.902. The Bertz CT molecular complexity index is 647. The SMILES string of the molecule is C=C(COc1cccc(F)c1)c1cc(C)c(O)cc1C. The molecule has 0 bridgehead atoms. The van der Waals surface area contributed by atoms with Gasteiger partial charge in [-0.25, -0.2) is 4.39 Å². The molecule has 104 valence electrons. The molecule has 0 spiro atoms. The minimum absolute atomic E-state index is 0.269. The minimum atomic E-state index is -0.329. The molecule has 0 aliphatic rings. The van der Waals surface area contributed by atoms with Crippen LogP contribution in [0.2, 0.25) is 0 Å². The Labute approximate surface area is 118 Å². The van der Waals surface area contributed by atoms with Crippen molar-refractivity contribution in [2.45, 2.75) is 13.8 Å². The molecule has 0 aromatic heterocycles. The number of phenolic OH excluding ortho intramolecular Hbond substituents is 1. The maximum Gasteiger partial charge on any atom is 0.126 e. The van der Waals surface area contributed by atoms with E-state index in [9.17, 15) is 9.50 Å². The predicted molar refractivity (Wildman–Crippen MR) is 78.5 cm³/mol. The van der Waals surface area contributed by atoms with Gasteiger partial charge in [0.25, 0.3) is 0 Å². The van der Waals surface area contributed by atoms with Crippen LogP contribution in [0.4, 0.5) is 4.39 Å². The van der Waals surface area contributed by atoms with Crippen LogP contribution < -0.4 is 4.74 Å². The van der Waals surface area contributed by atoms with Gasteiger partial charge in [-0.2, -0.15) is 0 Å². The van der Waals surface area contributed by atoms with Crippen molar-refractivity contribution in [2.75, 3.05) is 6.61 Å². The van der Waals surface area contributed by atoms with E-state index >= 15 is 0 Å². The molecule has 0 fully saturated rings. The maximum atomic E-state index is 13.0. The largest absolute Gasteiger partial charge is 0.508 e. The van der Waals surface area contributed by atoms with Gasteiger partial charge in [-0.15, -0.1) is 0 Å². The van der Waals surface area contributed by atoms with E-state index in [0.29, 0.717) is 5.75 Å². The molecular weight excluding hydrogens is 255 g/mol. The fourth-order valence-corrected chi connectivity index (χ4v) is 1.99. The van der Waals surface area contributed by atoms with Gasteiger partial charge < -0.3 is 9.84 Å². The molecule has 0 atom stereocenters. The zero-order valence-electron chi connectivity index (χ0n) is 11.6. The van der Waals surface area contributed by atoms with Crippen molar-refractivity contribution >= 4 is 5.57 Å². The summed E-state index contributed by atoms with van der Waals surface area (Å²) in [5, 5.41) is 9.64. The Morgan fingerprint density at radius 2 is 1.95 bits per heavy atom. The molecule has 0 heterocycles. The highest BCUT2D eigenvalue weighted by atomic mass is 19.1. The topological polar surface area (TPSA) is 29.5 Å². The summed E-state index contributed by atoms with van der Waals surface area (Å²) in [6.45, 7) is 8.00. The predicted octanol–water partition coefficient (Wildman–Crippen LogP) is 4.24. The summed E-state index contributed by atoms with van der Waals surface area (Å²) in [6.07, 6.45) is 0. The number of benzene rings is 2. The summed E-state index contributed by atoms with van der Waals surface area (Å²) in [7, 11) is 0. The van der Waals surface area contributed by atoms with Crippen LogP contribution in [0.15, 0.2) is 43.0 Å². The Kier molecular flexibility index (Phi) is 4.08. The Morgan fingerprint density at radius 1 is 1.20 bits per heavy atom. The highest BCUT2D eigenvalue weighted by Gasteiger charge is 2.08. The van der Waals surface area contributed by atoms with Crippen LogP contribution in [0.25, 0.3) is 5.57 Å². The van der Waals surface area contributed by atoms with Crippen molar-refractivity contribution in [3.8, 4) is 11.5 Å². The second-order valence-corrected chi connectivity index (χ2v) is 4.80. The number of ether oxygens (including phenoxy) is 1. The molecule has 0 amide bonds. The number of aromatic hydroxyl groups is 1. The molecule has 0 aliphatic carbocycles. The van der Waals surface area contributed by atoms with Crippen molar-refractivity contribution in [3.05, 3.63) is 65.5 Å². The van der Waals surface area contributed by atoms with E-state index in [1.54, 1.807) is 18.2 Å². The van der Waals surface area contributed by atoms with E-state index < -0.39 is 0 Å². The lowest BCUT2D eigenvalue weighted by molar-refractivity contribution is 0.367. The van der Waals surface area contributed by atoms with Gasteiger partial charge in [-0.05, 0) is 60.4 Å². The lowest BCUT2D eigenvalue weighted by Gasteiger charge is -2.13. The van der Waals surface area contributed by atoms with Crippen molar-refractivity contribution in [2.24, 2.45) is 0 Å². The van der Waals surface area contributed by atoms with Crippen molar-refractivity contribution in [1.29, 1.82) is 0 Å². The highest BCUT2D eigenvalue weighted by molar-refractivity contribution is 5.69. The van der Waals surface area contributed by atoms with E-state index in [4.69, 9.17) is 4.74 Å². The van der Waals surface area contributed by atoms with Crippen LogP contribution in [0.3, 0.4) is 0 Å². The fourth-order valence-electron chi connectivity index (χ4n) is 1.99. The van der Waals surface area contributed by atoms with Crippen LogP contribution in [0.5, 0.6) is 11.5 Å². The van der Waals surface area contributed by atoms with E-state index in [-0.39, 0.29) is 18.2 Å². The van der Waals surface area contributed by atoms with Gasteiger partial charge in [0.1, 0.15) is 23.9 Å². The number of halogens is 1. The van der Waals surface area contributed by atoms with Crippen LogP contribution in [0, 0.1) is 19.7 Å². The fraction of sp³-hybridized carbons (Fsp3) is 0.176. The van der Waals surface area contributed by atoms with Crippen molar-refractivity contribution in [1.82, 2.24) is 0 Å². The van der Waals surface area contributed by atoms with Crippen LogP contribution >= 0.6 is 0 Å². The van der Waals surface area contributed by atoms with Crippen LogP contribution in [-0.4, -0.2) is 11.7 Å². The second kappa shape index (κ2) is 5.78. The first-order chi connectivity index (χ1) is 9.47. The number of hydrogen-bond acceptors (Lipinski definition) is 2. The molecule has 0 saturated heterocycles. The first-order valence-corrected chi connectivity index (χ1v) is 6.34. The first kappa shape index (κ1) is 14.1. The van der Waals surface area contributed by atoms with E-state index in [2.05, 4.69) is 6.58 Å².